The molecule has 0 aromatic carbocycles. The Hall–Kier alpha value is -2.18. The van der Waals surface area contributed by atoms with Crippen LogP contribution in [0, 0.1) is 0 Å². The fourth-order valence-electron chi connectivity index (χ4n) is 1.96. The van der Waals surface area contributed by atoms with Gasteiger partial charge in [-0.3, -0.25) is 4.57 Å². The Morgan fingerprint density at radius 1 is 1.10 bits per heavy atom. The van der Waals surface area contributed by atoms with Crippen molar-refractivity contribution in [1.82, 2.24) is 24.5 Å². The molecular weight excluding hydrogens is 268 g/mol. The number of imidazole rings is 1. The molecule has 0 amide bonds. The predicted molar refractivity (Wildman–Crippen MR) is 80.2 cm³/mol. The van der Waals surface area contributed by atoms with Crippen LogP contribution in [0.4, 0.5) is 5.95 Å². The third kappa shape index (κ3) is 5.02. The summed E-state index contributed by atoms with van der Waals surface area (Å²) in [5.41, 5.74) is 5.67. The number of hydrogen-bond donors (Lipinski definition) is 1. The molecule has 2 aromatic heterocycles. The first-order valence-electron chi connectivity index (χ1n) is 7.42. The van der Waals surface area contributed by atoms with E-state index < -0.39 is 0 Å². The Morgan fingerprint density at radius 2 is 1.90 bits per heavy atom. The molecule has 0 spiro atoms. The van der Waals surface area contributed by atoms with Gasteiger partial charge >= 0.3 is 6.01 Å². The van der Waals surface area contributed by atoms with Crippen LogP contribution in [0.1, 0.15) is 45.4 Å². The van der Waals surface area contributed by atoms with Crippen LogP contribution in [0.5, 0.6) is 6.01 Å². The topological polar surface area (TPSA) is 91.7 Å². The Kier molecular flexibility index (Phi) is 5.93. The molecule has 114 valence electrons. The van der Waals surface area contributed by atoms with Gasteiger partial charge in [-0.2, -0.15) is 15.0 Å². The summed E-state index contributed by atoms with van der Waals surface area (Å²) in [5, 5.41) is 0. The molecule has 2 N–H and O–H groups in total. The van der Waals surface area contributed by atoms with Crippen molar-refractivity contribution in [2.75, 3.05) is 12.3 Å². The minimum Gasteiger partial charge on any atom is -0.463 e. The first kappa shape index (κ1) is 15.2. The van der Waals surface area contributed by atoms with E-state index in [0.29, 0.717) is 12.6 Å². The van der Waals surface area contributed by atoms with Crippen LogP contribution in [-0.2, 0) is 0 Å². The summed E-state index contributed by atoms with van der Waals surface area (Å²) >= 11 is 0. The van der Waals surface area contributed by atoms with Crippen molar-refractivity contribution in [3.05, 3.63) is 18.7 Å². The molecular formula is C14H22N6O. The van der Waals surface area contributed by atoms with E-state index in [1.54, 1.807) is 23.3 Å². The third-order valence-electron chi connectivity index (χ3n) is 3.08. The van der Waals surface area contributed by atoms with Crippen molar-refractivity contribution in [3.8, 4) is 12.0 Å². The molecule has 2 aromatic rings. The maximum atomic E-state index is 5.67. The molecule has 0 atom stereocenters. The van der Waals surface area contributed by atoms with E-state index in [9.17, 15) is 0 Å². The van der Waals surface area contributed by atoms with E-state index in [2.05, 4.69) is 26.9 Å². The summed E-state index contributed by atoms with van der Waals surface area (Å²) in [7, 11) is 0. The highest BCUT2D eigenvalue weighted by atomic mass is 16.5. The molecule has 2 heterocycles. The van der Waals surface area contributed by atoms with Gasteiger partial charge in [0.2, 0.25) is 11.9 Å². The average molecular weight is 290 g/mol. The molecule has 21 heavy (non-hydrogen) atoms. The maximum absolute atomic E-state index is 5.67. The van der Waals surface area contributed by atoms with Crippen LogP contribution in [0.2, 0.25) is 0 Å². The Bertz CT molecular complexity index is 528. The Morgan fingerprint density at radius 3 is 2.67 bits per heavy atom. The quantitative estimate of drug-likeness (QED) is 0.713. The van der Waals surface area contributed by atoms with Gasteiger partial charge in [0.1, 0.15) is 6.33 Å². The van der Waals surface area contributed by atoms with E-state index in [1.165, 1.54) is 25.7 Å². The number of aromatic nitrogens is 5. The lowest BCUT2D eigenvalue weighted by Crippen LogP contribution is -2.09. The smallest absolute Gasteiger partial charge is 0.323 e. The van der Waals surface area contributed by atoms with Gasteiger partial charge in [-0.25, -0.2) is 4.98 Å². The van der Waals surface area contributed by atoms with Gasteiger partial charge < -0.3 is 10.5 Å². The van der Waals surface area contributed by atoms with Gasteiger partial charge in [0.25, 0.3) is 0 Å². The number of ether oxygens (including phenoxy) is 1. The lowest BCUT2D eigenvalue weighted by atomic mass is 10.1. The van der Waals surface area contributed by atoms with Crippen LogP contribution in [0.25, 0.3) is 5.95 Å². The molecule has 0 radical (unpaired) electrons. The summed E-state index contributed by atoms with van der Waals surface area (Å²) in [6.45, 7) is 2.81. The molecule has 0 aliphatic rings. The number of unbranched alkanes of at least 4 members (excludes halogenated alkanes) is 5. The zero-order valence-corrected chi connectivity index (χ0v) is 12.4. The molecule has 0 unspecified atom stereocenters. The summed E-state index contributed by atoms with van der Waals surface area (Å²) in [4.78, 5) is 16.2. The second-order valence-electron chi connectivity index (χ2n) is 4.86. The van der Waals surface area contributed by atoms with E-state index in [4.69, 9.17) is 10.5 Å². The van der Waals surface area contributed by atoms with Crippen molar-refractivity contribution in [3.63, 3.8) is 0 Å². The number of hydrogen-bond acceptors (Lipinski definition) is 6. The minimum atomic E-state index is 0.145. The van der Waals surface area contributed by atoms with Crippen LogP contribution in [-0.4, -0.2) is 31.1 Å². The number of nitrogens with zero attached hydrogens (tertiary/aromatic N) is 5. The molecule has 7 nitrogen and oxygen atoms in total. The predicted octanol–water partition coefficient (Wildman–Crippen LogP) is 2.38. The second kappa shape index (κ2) is 8.18. The van der Waals surface area contributed by atoms with Gasteiger partial charge in [0.15, 0.2) is 0 Å². The van der Waals surface area contributed by atoms with Crippen molar-refractivity contribution in [2.24, 2.45) is 0 Å². The summed E-state index contributed by atoms with van der Waals surface area (Å²) in [6.07, 6.45) is 12.3. The number of nitrogen functional groups attached to an aromatic ring is 1. The first-order valence-corrected chi connectivity index (χ1v) is 7.42. The standard InChI is InChI=1S/C14H22N6O/c1-2-3-4-5-6-7-10-21-14-18-12(15)17-13(19-14)20-9-8-16-11-20/h8-9,11H,2-7,10H2,1H3,(H2,15,17,18,19). The van der Waals surface area contributed by atoms with E-state index >= 15 is 0 Å². The monoisotopic (exact) mass is 290 g/mol. The maximum Gasteiger partial charge on any atom is 0.323 e. The van der Waals surface area contributed by atoms with Gasteiger partial charge in [-0.05, 0) is 6.42 Å². The van der Waals surface area contributed by atoms with E-state index in [0.717, 1.165) is 12.8 Å². The molecule has 0 saturated carbocycles. The lowest BCUT2D eigenvalue weighted by Gasteiger charge is -2.06. The summed E-state index contributed by atoms with van der Waals surface area (Å²) < 4.78 is 7.22. The average Bonchev–Trinajstić information content (AvgIpc) is 3.00. The van der Waals surface area contributed by atoms with Crippen LogP contribution >= 0.6 is 0 Å². The van der Waals surface area contributed by atoms with Crippen LogP contribution in [0.15, 0.2) is 18.7 Å². The van der Waals surface area contributed by atoms with Crippen molar-refractivity contribution >= 4 is 5.95 Å². The van der Waals surface area contributed by atoms with Gasteiger partial charge in [0.05, 0.1) is 6.61 Å². The molecule has 0 aliphatic carbocycles. The first-order chi connectivity index (χ1) is 10.3. The molecule has 7 heteroatoms. The summed E-state index contributed by atoms with van der Waals surface area (Å²) in [6, 6.07) is 0.264. The fraction of sp³-hybridized carbons (Fsp3) is 0.571. The van der Waals surface area contributed by atoms with Crippen LogP contribution in [0.3, 0.4) is 0 Å². The third-order valence-corrected chi connectivity index (χ3v) is 3.08. The van der Waals surface area contributed by atoms with E-state index in [-0.39, 0.29) is 12.0 Å². The molecule has 0 aliphatic heterocycles. The minimum absolute atomic E-state index is 0.145. The van der Waals surface area contributed by atoms with Gasteiger partial charge in [0, 0.05) is 12.4 Å². The second-order valence-corrected chi connectivity index (χ2v) is 4.86. The fourth-order valence-corrected chi connectivity index (χ4v) is 1.96. The zero-order valence-electron chi connectivity index (χ0n) is 12.4. The lowest BCUT2D eigenvalue weighted by molar-refractivity contribution is 0.280. The van der Waals surface area contributed by atoms with E-state index in [1.807, 2.05) is 0 Å². The Labute approximate surface area is 124 Å². The molecule has 0 bridgehead atoms. The van der Waals surface area contributed by atoms with Gasteiger partial charge in [-0.1, -0.05) is 39.0 Å². The number of rotatable bonds is 9. The molecule has 0 fully saturated rings. The van der Waals surface area contributed by atoms with Crippen molar-refractivity contribution in [2.45, 2.75) is 45.4 Å². The van der Waals surface area contributed by atoms with Crippen molar-refractivity contribution < 1.29 is 4.74 Å². The zero-order chi connectivity index (χ0) is 14.9. The number of anilines is 1. The summed E-state index contributed by atoms with van der Waals surface area (Å²) in [5.74, 6) is 0.560. The van der Waals surface area contributed by atoms with Gasteiger partial charge in [-0.15, -0.1) is 0 Å². The normalized spacial score (nSPS) is 10.7. The molecule has 0 saturated heterocycles. The highest BCUT2D eigenvalue weighted by Gasteiger charge is 2.06. The van der Waals surface area contributed by atoms with Crippen molar-refractivity contribution in [1.29, 1.82) is 0 Å². The largest absolute Gasteiger partial charge is 0.463 e. The Balaban J connectivity index is 1.81. The highest BCUT2D eigenvalue weighted by Crippen LogP contribution is 2.10. The molecule has 2 rings (SSSR count). The van der Waals surface area contributed by atoms with Crippen LogP contribution < -0.4 is 10.5 Å². The highest BCUT2D eigenvalue weighted by molar-refractivity contribution is 5.24. The SMILES string of the molecule is CCCCCCCCOc1nc(N)nc(-n2ccnc2)n1. The number of nitrogens with two attached hydrogens (primary N) is 1.